The van der Waals surface area contributed by atoms with Gasteiger partial charge in [0.2, 0.25) is 0 Å². The zero-order valence-electron chi connectivity index (χ0n) is 14.5. The number of hydrogen-bond acceptors (Lipinski definition) is 3. The third-order valence-corrected chi connectivity index (χ3v) is 4.72. The first-order chi connectivity index (χ1) is 12.3. The Hall–Kier alpha value is -2.17. The van der Waals surface area contributed by atoms with E-state index >= 15 is 0 Å². The van der Waals surface area contributed by atoms with E-state index in [0.29, 0.717) is 24.8 Å². The molecule has 4 nitrogen and oxygen atoms in total. The van der Waals surface area contributed by atoms with Crippen molar-refractivity contribution in [1.82, 2.24) is 5.32 Å². The highest BCUT2D eigenvalue weighted by atomic mass is 16.5. The van der Waals surface area contributed by atoms with Gasteiger partial charge in [0, 0.05) is 25.3 Å². The van der Waals surface area contributed by atoms with E-state index in [1.807, 2.05) is 42.5 Å². The minimum Gasteiger partial charge on any atom is -0.378 e. The van der Waals surface area contributed by atoms with Crippen molar-refractivity contribution in [2.24, 2.45) is 5.73 Å². The van der Waals surface area contributed by atoms with Crippen molar-refractivity contribution in [2.45, 2.75) is 38.3 Å². The number of carbonyl (C=O) groups is 1. The molecule has 1 amide bonds. The highest BCUT2D eigenvalue weighted by Crippen LogP contribution is 2.23. The third kappa shape index (κ3) is 4.68. The normalized spacial score (nSPS) is 17.2. The molecule has 1 heterocycles. The van der Waals surface area contributed by atoms with Crippen LogP contribution in [0, 0.1) is 0 Å². The van der Waals surface area contributed by atoms with Crippen LogP contribution in [-0.2, 0) is 11.3 Å². The lowest BCUT2D eigenvalue weighted by Crippen LogP contribution is -2.29. The van der Waals surface area contributed by atoms with Gasteiger partial charge >= 0.3 is 0 Å². The summed E-state index contributed by atoms with van der Waals surface area (Å²) in [7, 11) is 0. The van der Waals surface area contributed by atoms with Crippen molar-refractivity contribution in [3.8, 4) is 11.1 Å². The standard InChI is InChI=1S/C21H26N2O2/c22-15-18-5-1-2-7-20(18)16-8-10-17(11-9-16)21(24)23-13-12-19-6-3-4-14-25-19/h1-2,5,7-11,19H,3-4,6,12-15,22H2,(H,23,24). The number of benzene rings is 2. The number of hydrogen-bond donors (Lipinski definition) is 2. The molecule has 1 fully saturated rings. The maximum absolute atomic E-state index is 12.3. The Labute approximate surface area is 149 Å². The van der Waals surface area contributed by atoms with E-state index in [-0.39, 0.29) is 5.91 Å². The first-order valence-electron chi connectivity index (χ1n) is 9.06. The summed E-state index contributed by atoms with van der Waals surface area (Å²) >= 11 is 0. The molecule has 0 bridgehead atoms. The van der Waals surface area contributed by atoms with Crippen LogP contribution in [0.15, 0.2) is 48.5 Å². The minimum atomic E-state index is -0.0329. The summed E-state index contributed by atoms with van der Waals surface area (Å²) in [5.41, 5.74) is 9.79. The second-order valence-electron chi connectivity index (χ2n) is 6.47. The summed E-state index contributed by atoms with van der Waals surface area (Å²) in [6.45, 7) is 2.01. The highest BCUT2D eigenvalue weighted by molar-refractivity contribution is 5.94. The number of carbonyl (C=O) groups excluding carboxylic acids is 1. The molecule has 1 unspecified atom stereocenters. The Morgan fingerprint density at radius 1 is 1.12 bits per heavy atom. The van der Waals surface area contributed by atoms with Crippen LogP contribution in [0.2, 0.25) is 0 Å². The van der Waals surface area contributed by atoms with Gasteiger partial charge in [-0.15, -0.1) is 0 Å². The Morgan fingerprint density at radius 3 is 2.64 bits per heavy atom. The molecule has 1 aliphatic heterocycles. The molecule has 2 aromatic carbocycles. The first kappa shape index (κ1) is 17.6. The fourth-order valence-electron chi connectivity index (χ4n) is 3.26. The van der Waals surface area contributed by atoms with Gasteiger partial charge in [0.25, 0.3) is 5.91 Å². The van der Waals surface area contributed by atoms with Crippen LogP contribution in [0.5, 0.6) is 0 Å². The average molecular weight is 338 g/mol. The SMILES string of the molecule is NCc1ccccc1-c1ccc(C(=O)NCCC2CCCCO2)cc1. The van der Waals surface area contributed by atoms with Crippen LogP contribution in [-0.4, -0.2) is 25.2 Å². The molecular weight excluding hydrogens is 312 g/mol. The Bertz CT molecular complexity index is 691. The molecule has 2 aromatic rings. The van der Waals surface area contributed by atoms with E-state index in [4.69, 9.17) is 10.5 Å². The van der Waals surface area contributed by atoms with Gasteiger partial charge in [0.1, 0.15) is 0 Å². The topological polar surface area (TPSA) is 64.4 Å². The van der Waals surface area contributed by atoms with E-state index in [2.05, 4.69) is 11.4 Å². The highest BCUT2D eigenvalue weighted by Gasteiger charge is 2.14. The Kier molecular flexibility index (Phi) is 6.20. The molecule has 1 atom stereocenters. The summed E-state index contributed by atoms with van der Waals surface area (Å²) in [5.74, 6) is -0.0329. The van der Waals surface area contributed by atoms with Crippen LogP contribution in [0.25, 0.3) is 11.1 Å². The maximum Gasteiger partial charge on any atom is 0.251 e. The van der Waals surface area contributed by atoms with Gasteiger partial charge in [-0.3, -0.25) is 4.79 Å². The molecule has 132 valence electrons. The van der Waals surface area contributed by atoms with Gasteiger partial charge in [0.05, 0.1) is 6.10 Å². The maximum atomic E-state index is 12.3. The number of nitrogens with one attached hydrogen (secondary N) is 1. The second kappa shape index (κ2) is 8.79. The fraction of sp³-hybridized carbons (Fsp3) is 0.381. The predicted octanol–water partition coefficient (Wildman–Crippen LogP) is 3.50. The molecule has 0 saturated carbocycles. The quantitative estimate of drug-likeness (QED) is 0.847. The van der Waals surface area contributed by atoms with E-state index in [0.717, 1.165) is 42.6 Å². The molecular formula is C21H26N2O2. The summed E-state index contributed by atoms with van der Waals surface area (Å²) in [5, 5.41) is 2.99. The monoisotopic (exact) mass is 338 g/mol. The molecule has 0 aliphatic carbocycles. The lowest BCUT2D eigenvalue weighted by molar-refractivity contribution is 0.0117. The zero-order valence-corrected chi connectivity index (χ0v) is 14.5. The number of ether oxygens (including phenoxy) is 1. The Balaban J connectivity index is 1.57. The summed E-state index contributed by atoms with van der Waals surface area (Å²) in [6.07, 6.45) is 4.66. The zero-order chi connectivity index (χ0) is 17.5. The minimum absolute atomic E-state index is 0.0329. The van der Waals surface area contributed by atoms with Gasteiger partial charge in [-0.25, -0.2) is 0 Å². The number of rotatable bonds is 6. The molecule has 25 heavy (non-hydrogen) atoms. The number of amides is 1. The second-order valence-corrected chi connectivity index (χ2v) is 6.47. The van der Waals surface area contributed by atoms with Crippen molar-refractivity contribution in [3.63, 3.8) is 0 Å². The van der Waals surface area contributed by atoms with E-state index in [1.165, 1.54) is 6.42 Å². The Morgan fingerprint density at radius 2 is 1.92 bits per heavy atom. The summed E-state index contributed by atoms with van der Waals surface area (Å²) < 4.78 is 5.69. The van der Waals surface area contributed by atoms with E-state index < -0.39 is 0 Å². The van der Waals surface area contributed by atoms with Crippen LogP contribution in [0.3, 0.4) is 0 Å². The molecule has 1 saturated heterocycles. The molecule has 3 rings (SSSR count). The summed E-state index contributed by atoms with van der Waals surface area (Å²) in [4.78, 5) is 12.3. The van der Waals surface area contributed by atoms with Crippen LogP contribution in [0.4, 0.5) is 0 Å². The van der Waals surface area contributed by atoms with Gasteiger partial charge in [-0.2, -0.15) is 0 Å². The predicted molar refractivity (Wildman–Crippen MR) is 100 cm³/mol. The summed E-state index contributed by atoms with van der Waals surface area (Å²) in [6, 6.07) is 15.8. The largest absolute Gasteiger partial charge is 0.378 e. The van der Waals surface area contributed by atoms with Gasteiger partial charge < -0.3 is 15.8 Å². The van der Waals surface area contributed by atoms with Gasteiger partial charge in [-0.1, -0.05) is 36.4 Å². The van der Waals surface area contributed by atoms with E-state index in [9.17, 15) is 4.79 Å². The van der Waals surface area contributed by atoms with Gasteiger partial charge in [-0.05, 0) is 54.5 Å². The average Bonchev–Trinajstić information content (AvgIpc) is 2.69. The molecule has 0 spiro atoms. The van der Waals surface area contributed by atoms with Gasteiger partial charge in [0.15, 0.2) is 0 Å². The van der Waals surface area contributed by atoms with E-state index in [1.54, 1.807) is 0 Å². The van der Waals surface area contributed by atoms with Crippen LogP contribution in [0.1, 0.15) is 41.6 Å². The lowest BCUT2D eigenvalue weighted by atomic mass is 9.98. The fourth-order valence-corrected chi connectivity index (χ4v) is 3.26. The van der Waals surface area contributed by atoms with Crippen molar-refractivity contribution in [3.05, 3.63) is 59.7 Å². The first-order valence-corrected chi connectivity index (χ1v) is 9.06. The van der Waals surface area contributed by atoms with Crippen LogP contribution < -0.4 is 11.1 Å². The number of nitrogens with two attached hydrogens (primary N) is 1. The van der Waals surface area contributed by atoms with Crippen molar-refractivity contribution < 1.29 is 9.53 Å². The third-order valence-electron chi connectivity index (χ3n) is 4.72. The molecule has 1 aliphatic rings. The van der Waals surface area contributed by atoms with Crippen LogP contribution >= 0.6 is 0 Å². The molecule has 4 heteroatoms. The molecule has 0 radical (unpaired) electrons. The van der Waals surface area contributed by atoms with Crippen molar-refractivity contribution in [2.75, 3.05) is 13.2 Å². The van der Waals surface area contributed by atoms with Crippen molar-refractivity contribution >= 4 is 5.91 Å². The molecule has 3 N–H and O–H groups in total. The molecule has 0 aromatic heterocycles. The smallest absolute Gasteiger partial charge is 0.251 e. The van der Waals surface area contributed by atoms with Crippen molar-refractivity contribution in [1.29, 1.82) is 0 Å². The lowest BCUT2D eigenvalue weighted by Gasteiger charge is -2.22.